The van der Waals surface area contributed by atoms with Crippen LogP contribution in [0.25, 0.3) is 0 Å². The van der Waals surface area contributed by atoms with Crippen molar-refractivity contribution in [2.75, 3.05) is 12.4 Å². The zero-order valence-corrected chi connectivity index (χ0v) is 13.7. The van der Waals surface area contributed by atoms with Crippen molar-refractivity contribution in [2.45, 2.75) is 19.1 Å². The molecule has 2 nitrogen and oxygen atoms in total. The van der Waals surface area contributed by atoms with E-state index in [1.54, 1.807) is 19.2 Å². The maximum absolute atomic E-state index is 14.0. The van der Waals surface area contributed by atoms with Gasteiger partial charge in [0.05, 0.1) is 13.7 Å². The molecule has 2 rings (SSSR count). The van der Waals surface area contributed by atoms with Crippen LogP contribution in [0.5, 0.6) is 5.75 Å². The number of ether oxygens (including phenoxy) is 2. The minimum Gasteiger partial charge on any atom is -0.497 e. The lowest BCUT2D eigenvalue weighted by Crippen LogP contribution is -2.29. The first-order valence-corrected chi connectivity index (χ1v) is 7.79. The fourth-order valence-corrected chi connectivity index (χ4v) is 2.51. The molecule has 1 unspecified atom stereocenters. The molecule has 0 heterocycles. The zero-order valence-electron chi connectivity index (χ0n) is 12.1. The van der Waals surface area contributed by atoms with Crippen molar-refractivity contribution < 1.29 is 13.9 Å². The van der Waals surface area contributed by atoms with Crippen LogP contribution in [-0.4, -0.2) is 12.4 Å². The van der Waals surface area contributed by atoms with Gasteiger partial charge < -0.3 is 9.47 Å². The third-order valence-electron chi connectivity index (χ3n) is 3.42. The van der Waals surface area contributed by atoms with Gasteiger partial charge in [0.15, 0.2) is 0 Å². The number of rotatable bonds is 6. The number of hydrogen-bond donors (Lipinski definition) is 0. The maximum Gasteiger partial charge on any atom is 0.129 e. The maximum atomic E-state index is 14.0. The monoisotopic (exact) mass is 352 g/mol. The van der Waals surface area contributed by atoms with Gasteiger partial charge in [0, 0.05) is 10.9 Å². The standard InChI is InChI=1S/C17H18BrFO2/c1-17(12-18,15-5-3-4-6-16(15)19)21-11-13-7-9-14(20-2)10-8-13/h3-10H,11-12H2,1-2H3. The van der Waals surface area contributed by atoms with Gasteiger partial charge in [-0.2, -0.15) is 0 Å². The predicted molar refractivity (Wildman–Crippen MR) is 85.3 cm³/mol. The lowest BCUT2D eigenvalue weighted by Gasteiger charge is -2.29. The molecule has 4 heteroatoms. The Balaban J connectivity index is 2.13. The molecule has 0 aromatic heterocycles. The van der Waals surface area contributed by atoms with Crippen LogP contribution in [0, 0.1) is 5.82 Å². The molecule has 112 valence electrons. The van der Waals surface area contributed by atoms with Crippen LogP contribution >= 0.6 is 15.9 Å². The molecule has 0 spiro atoms. The van der Waals surface area contributed by atoms with E-state index in [-0.39, 0.29) is 5.82 Å². The molecule has 0 radical (unpaired) electrons. The largest absolute Gasteiger partial charge is 0.497 e. The molecule has 21 heavy (non-hydrogen) atoms. The normalized spacial score (nSPS) is 13.7. The van der Waals surface area contributed by atoms with Crippen LogP contribution in [0.3, 0.4) is 0 Å². The van der Waals surface area contributed by atoms with Crippen LogP contribution in [0.1, 0.15) is 18.1 Å². The van der Waals surface area contributed by atoms with Gasteiger partial charge in [-0.1, -0.05) is 46.3 Å². The van der Waals surface area contributed by atoms with E-state index in [1.165, 1.54) is 6.07 Å². The van der Waals surface area contributed by atoms with E-state index in [9.17, 15) is 4.39 Å². The van der Waals surface area contributed by atoms with Crippen molar-refractivity contribution >= 4 is 15.9 Å². The molecule has 0 bridgehead atoms. The van der Waals surface area contributed by atoms with E-state index in [2.05, 4.69) is 15.9 Å². The lowest BCUT2D eigenvalue weighted by atomic mass is 9.97. The van der Waals surface area contributed by atoms with E-state index >= 15 is 0 Å². The van der Waals surface area contributed by atoms with Gasteiger partial charge in [-0.05, 0) is 30.7 Å². The molecule has 2 aromatic carbocycles. The minimum absolute atomic E-state index is 0.255. The number of alkyl halides is 1. The van der Waals surface area contributed by atoms with Crippen molar-refractivity contribution in [3.63, 3.8) is 0 Å². The van der Waals surface area contributed by atoms with Gasteiger partial charge in [0.2, 0.25) is 0 Å². The molecule has 0 saturated carbocycles. The Morgan fingerprint density at radius 2 is 1.76 bits per heavy atom. The van der Waals surface area contributed by atoms with Crippen molar-refractivity contribution in [3.8, 4) is 5.75 Å². The number of halogens is 2. The molecule has 0 aliphatic heterocycles. The summed E-state index contributed by atoms with van der Waals surface area (Å²) in [5, 5.41) is 0.511. The van der Waals surface area contributed by atoms with Gasteiger partial charge in [-0.15, -0.1) is 0 Å². The highest BCUT2D eigenvalue weighted by Gasteiger charge is 2.29. The Kier molecular flexibility index (Phi) is 5.37. The molecule has 0 N–H and O–H groups in total. The highest BCUT2D eigenvalue weighted by atomic mass is 79.9. The molecule has 0 saturated heterocycles. The fourth-order valence-electron chi connectivity index (χ4n) is 2.04. The summed E-state index contributed by atoms with van der Waals surface area (Å²) >= 11 is 3.43. The van der Waals surface area contributed by atoms with Gasteiger partial charge in [-0.3, -0.25) is 0 Å². The van der Waals surface area contributed by atoms with Crippen LogP contribution in [0.2, 0.25) is 0 Å². The summed E-state index contributed by atoms with van der Waals surface area (Å²) in [7, 11) is 1.63. The Morgan fingerprint density at radius 1 is 1.10 bits per heavy atom. The highest BCUT2D eigenvalue weighted by molar-refractivity contribution is 9.09. The van der Waals surface area contributed by atoms with Crippen molar-refractivity contribution in [3.05, 3.63) is 65.5 Å². The van der Waals surface area contributed by atoms with Crippen molar-refractivity contribution in [1.82, 2.24) is 0 Å². The Hall–Kier alpha value is -1.39. The molecule has 0 aliphatic carbocycles. The van der Waals surface area contributed by atoms with Crippen LogP contribution in [0.4, 0.5) is 4.39 Å². The number of benzene rings is 2. The van der Waals surface area contributed by atoms with Gasteiger partial charge in [0.1, 0.15) is 17.2 Å². The second-order valence-corrected chi connectivity index (χ2v) is 5.54. The van der Waals surface area contributed by atoms with Crippen molar-refractivity contribution in [1.29, 1.82) is 0 Å². The predicted octanol–water partition coefficient (Wildman–Crippen LogP) is 4.66. The third kappa shape index (κ3) is 3.83. The molecular weight excluding hydrogens is 335 g/mol. The second kappa shape index (κ2) is 7.05. The summed E-state index contributed by atoms with van der Waals surface area (Å²) in [5.74, 6) is 0.547. The van der Waals surface area contributed by atoms with Crippen LogP contribution < -0.4 is 4.74 Å². The van der Waals surface area contributed by atoms with Crippen molar-refractivity contribution in [2.24, 2.45) is 0 Å². The molecule has 0 aliphatic rings. The fraction of sp³-hybridized carbons (Fsp3) is 0.294. The molecular formula is C17H18BrFO2. The SMILES string of the molecule is COc1ccc(COC(C)(CBr)c2ccccc2F)cc1. The van der Waals surface area contributed by atoms with Gasteiger partial charge in [0.25, 0.3) is 0 Å². The number of hydrogen-bond acceptors (Lipinski definition) is 2. The lowest BCUT2D eigenvalue weighted by molar-refractivity contribution is -0.0312. The third-order valence-corrected chi connectivity index (χ3v) is 4.49. The quantitative estimate of drug-likeness (QED) is 0.703. The van der Waals surface area contributed by atoms with Crippen LogP contribution in [0.15, 0.2) is 48.5 Å². The Bertz CT molecular complexity index is 586. The first-order chi connectivity index (χ1) is 10.1. The van der Waals surface area contributed by atoms with E-state index in [4.69, 9.17) is 9.47 Å². The van der Waals surface area contributed by atoms with Gasteiger partial charge in [-0.25, -0.2) is 4.39 Å². The first-order valence-electron chi connectivity index (χ1n) is 6.67. The smallest absolute Gasteiger partial charge is 0.129 e. The first kappa shape index (κ1) is 16.0. The average Bonchev–Trinajstić information content (AvgIpc) is 2.53. The second-order valence-electron chi connectivity index (χ2n) is 4.98. The summed E-state index contributed by atoms with van der Waals surface area (Å²) in [6.07, 6.45) is 0. The summed E-state index contributed by atoms with van der Waals surface area (Å²) in [6, 6.07) is 14.3. The Morgan fingerprint density at radius 3 is 2.33 bits per heavy atom. The van der Waals surface area contributed by atoms with E-state index in [1.807, 2.05) is 37.3 Å². The molecule has 1 atom stereocenters. The van der Waals surface area contributed by atoms with Crippen LogP contribution in [-0.2, 0) is 16.9 Å². The minimum atomic E-state index is -0.717. The topological polar surface area (TPSA) is 18.5 Å². The zero-order chi connectivity index (χ0) is 15.3. The van der Waals surface area contributed by atoms with E-state index < -0.39 is 5.60 Å². The Labute approximate surface area is 133 Å². The highest BCUT2D eigenvalue weighted by Crippen LogP contribution is 2.30. The van der Waals surface area contributed by atoms with E-state index in [0.717, 1.165) is 11.3 Å². The summed E-state index contributed by atoms with van der Waals surface area (Å²) in [4.78, 5) is 0. The molecule has 2 aromatic rings. The molecule has 0 fully saturated rings. The summed E-state index contributed by atoms with van der Waals surface area (Å²) in [6.45, 7) is 2.28. The average molecular weight is 353 g/mol. The summed E-state index contributed by atoms with van der Waals surface area (Å²) in [5.41, 5.74) is 0.848. The number of methoxy groups -OCH3 is 1. The summed E-state index contributed by atoms with van der Waals surface area (Å²) < 4.78 is 25.1. The molecule has 0 amide bonds. The van der Waals surface area contributed by atoms with Gasteiger partial charge >= 0.3 is 0 Å². The van der Waals surface area contributed by atoms with E-state index in [0.29, 0.717) is 17.5 Å².